The fraction of sp³-hybridized carbons (Fsp3) is 0.227. The van der Waals surface area contributed by atoms with Crippen molar-refractivity contribution in [2.45, 2.75) is 30.4 Å². The van der Waals surface area contributed by atoms with Gasteiger partial charge in [0.05, 0.1) is 6.54 Å². The summed E-state index contributed by atoms with van der Waals surface area (Å²) in [5.41, 5.74) is 4.34. The summed E-state index contributed by atoms with van der Waals surface area (Å²) in [4.78, 5) is 29.4. The molecule has 0 aliphatic rings. The predicted octanol–water partition coefficient (Wildman–Crippen LogP) is 4.67. The van der Waals surface area contributed by atoms with E-state index in [1.165, 1.54) is 0 Å². The van der Waals surface area contributed by atoms with Crippen LogP contribution in [0.5, 0.6) is 0 Å². The maximum atomic E-state index is 12.6. The third-order valence-corrected chi connectivity index (χ3v) is 6.48. The second-order valence-electron chi connectivity index (χ2n) is 6.44. The quantitative estimate of drug-likeness (QED) is 0.514. The van der Waals surface area contributed by atoms with Gasteiger partial charge < -0.3 is 10.6 Å². The maximum absolute atomic E-state index is 12.6. The van der Waals surface area contributed by atoms with Crippen LogP contribution in [-0.4, -0.2) is 23.3 Å². The van der Waals surface area contributed by atoms with Gasteiger partial charge in [0.1, 0.15) is 4.34 Å². The Bertz CT molecular complexity index is 1000. The molecule has 2 aromatic carbocycles. The van der Waals surface area contributed by atoms with E-state index < -0.39 is 0 Å². The zero-order valence-corrected chi connectivity index (χ0v) is 18.0. The van der Waals surface area contributed by atoms with Gasteiger partial charge in [-0.05, 0) is 36.6 Å². The molecule has 0 atom stereocenters. The van der Waals surface area contributed by atoms with Gasteiger partial charge in [-0.25, -0.2) is 4.98 Å². The van der Waals surface area contributed by atoms with Crippen molar-refractivity contribution in [3.8, 4) is 0 Å². The highest BCUT2D eigenvalue weighted by atomic mass is 32.2. The molecule has 0 saturated carbocycles. The van der Waals surface area contributed by atoms with E-state index in [-0.39, 0.29) is 18.4 Å². The van der Waals surface area contributed by atoms with Crippen molar-refractivity contribution in [3.63, 3.8) is 0 Å². The first kappa shape index (κ1) is 21.1. The zero-order chi connectivity index (χ0) is 20.6. The average Bonchev–Trinajstić information content (AvgIpc) is 3.16. The molecule has 7 heteroatoms. The number of carbonyl (C=O) groups is 2. The predicted molar refractivity (Wildman–Crippen MR) is 120 cm³/mol. The van der Waals surface area contributed by atoms with E-state index in [1.807, 2.05) is 61.7 Å². The number of anilines is 1. The minimum absolute atomic E-state index is 0.0793. The summed E-state index contributed by atoms with van der Waals surface area (Å²) in [7, 11) is 0. The lowest BCUT2D eigenvalue weighted by Gasteiger charge is -2.12. The third-order valence-electron chi connectivity index (χ3n) is 4.29. The van der Waals surface area contributed by atoms with E-state index in [0.717, 1.165) is 33.3 Å². The summed E-state index contributed by atoms with van der Waals surface area (Å²) in [6, 6.07) is 15.1. The van der Waals surface area contributed by atoms with E-state index >= 15 is 0 Å². The molecule has 150 valence electrons. The molecule has 5 nitrogen and oxygen atoms in total. The van der Waals surface area contributed by atoms with Gasteiger partial charge in [0.15, 0.2) is 0 Å². The number of aryl methyl sites for hydroxylation is 2. The van der Waals surface area contributed by atoms with Gasteiger partial charge in [0.25, 0.3) is 5.91 Å². The average molecular weight is 426 g/mol. The molecule has 0 aliphatic heterocycles. The molecule has 0 aliphatic carbocycles. The molecular weight excluding hydrogens is 402 g/mol. The van der Waals surface area contributed by atoms with Gasteiger partial charge in [-0.1, -0.05) is 55.1 Å². The van der Waals surface area contributed by atoms with Gasteiger partial charge in [-0.3, -0.25) is 9.59 Å². The topological polar surface area (TPSA) is 71.1 Å². The number of amides is 2. The van der Waals surface area contributed by atoms with E-state index in [0.29, 0.717) is 11.3 Å². The van der Waals surface area contributed by atoms with E-state index in [2.05, 4.69) is 15.6 Å². The summed E-state index contributed by atoms with van der Waals surface area (Å²) >= 11 is 3.20. The molecule has 3 aromatic rings. The highest BCUT2D eigenvalue weighted by Gasteiger charge is 2.13. The molecule has 1 heterocycles. The summed E-state index contributed by atoms with van der Waals surface area (Å²) in [5, 5.41) is 7.60. The minimum atomic E-state index is -0.254. The number of thiazole rings is 1. The van der Waals surface area contributed by atoms with Crippen LogP contribution >= 0.6 is 23.1 Å². The zero-order valence-electron chi connectivity index (χ0n) is 16.4. The molecule has 3 rings (SSSR count). The number of aromatic nitrogens is 1. The Morgan fingerprint density at radius 1 is 1.07 bits per heavy atom. The van der Waals surface area contributed by atoms with Crippen LogP contribution in [0.1, 0.15) is 34.1 Å². The number of hydrogen-bond donors (Lipinski definition) is 2. The lowest BCUT2D eigenvalue weighted by Crippen LogP contribution is -2.33. The SMILES string of the molecule is CCc1ccccc1NC(=O)CNC(=O)c1ccccc1CSc1nc(C)cs1. The molecule has 0 fully saturated rings. The number of benzene rings is 2. The fourth-order valence-corrected chi connectivity index (χ4v) is 4.66. The van der Waals surface area contributed by atoms with Crippen LogP contribution in [0.3, 0.4) is 0 Å². The Balaban J connectivity index is 1.58. The number of carbonyl (C=O) groups excluding carboxylic acids is 2. The summed E-state index contributed by atoms with van der Waals surface area (Å²) in [6.45, 7) is 3.92. The molecule has 0 unspecified atom stereocenters. The van der Waals surface area contributed by atoms with Gasteiger partial charge >= 0.3 is 0 Å². The second-order valence-corrected chi connectivity index (χ2v) is 8.52. The van der Waals surface area contributed by atoms with Crippen LogP contribution in [0.15, 0.2) is 58.3 Å². The van der Waals surface area contributed by atoms with Crippen LogP contribution in [0.25, 0.3) is 0 Å². The standard InChI is InChI=1S/C22H23N3O2S2/c1-3-16-8-5-7-11-19(16)25-20(26)12-23-21(27)18-10-6-4-9-17(18)14-29-22-24-15(2)13-28-22/h4-11,13H,3,12,14H2,1-2H3,(H,23,27)(H,25,26). The van der Waals surface area contributed by atoms with Crippen molar-refractivity contribution in [3.05, 3.63) is 76.3 Å². The lowest BCUT2D eigenvalue weighted by atomic mass is 10.1. The van der Waals surface area contributed by atoms with Crippen molar-refractivity contribution in [1.29, 1.82) is 0 Å². The summed E-state index contributed by atoms with van der Waals surface area (Å²) < 4.78 is 0.978. The van der Waals surface area contributed by atoms with Crippen molar-refractivity contribution in [2.75, 3.05) is 11.9 Å². The first-order valence-corrected chi connectivity index (χ1v) is 11.2. The molecule has 0 radical (unpaired) electrons. The molecule has 0 bridgehead atoms. The van der Waals surface area contributed by atoms with Gasteiger partial charge in [-0.15, -0.1) is 11.3 Å². The van der Waals surface area contributed by atoms with E-state index in [1.54, 1.807) is 29.2 Å². The van der Waals surface area contributed by atoms with Crippen molar-refractivity contribution >= 4 is 40.6 Å². The molecule has 2 amide bonds. The number of rotatable bonds is 8. The van der Waals surface area contributed by atoms with E-state index in [4.69, 9.17) is 0 Å². The molecule has 1 aromatic heterocycles. The Morgan fingerprint density at radius 3 is 2.52 bits per heavy atom. The molecule has 2 N–H and O–H groups in total. The first-order chi connectivity index (χ1) is 14.1. The summed E-state index contributed by atoms with van der Waals surface area (Å²) in [5.74, 6) is 0.145. The third kappa shape index (κ3) is 5.92. The highest BCUT2D eigenvalue weighted by molar-refractivity contribution is 8.00. The largest absolute Gasteiger partial charge is 0.343 e. The minimum Gasteiger partial charge on any atom is -0.343 e. The van der Waals surface area contributed by atoms with Crippen LogP contribution in [0.2, 0.25) is 0 Å². The summed E-state index contributed by atoms with van der Waals surface area (Å²) in [6.07, 6.45) is 0.826. The Hall–Kier alpha value is -2.64. The molecule has 29 heavy (non-hydrogen) atoms. The van der Waals surface area contributed by atoms with Crippen LogP contribution < -0.4 is 10.6 Å². The molecular formula is C22H23N3O2S2. The number of thioether (sulfide) groups is 1. The fourth-order valence-electron chi connectivity index (χ4n) is 2.81. The van der Waals surface area contributed by atoms with E-state index in [9.17, 15) is 9.59 Å². The maximum Gasteiger partial charge on any atom is 0.252 e. The van der Waals surface area contributed by atoms with Crippen molar-refractivity contribution < 1.29 is 9.59 Å². The Labute approximate surface area is 179 Å². The number of hydrogen-bond acceptors (Lipinski definition) is 5. The highest BCUT2D eigenvalue weighted by Crippen LogP contribution is 2.27. The van der Waals surface area contributed by atoms with Gasteiger partial charge in [-0.2, -0.15) is 0 Å². The smallest absolute Gasteiger partial charge is 0.252 e. The number of para-hydroxylation sites is 1. The second kappa shape index (κ2) is 10.2. The first-order valence-electron chi connectivity index (χ1n) is 9.35. The molecule has 0 saturated heterocycles. The monoisotopic (exact) mass is 425 g/mol. The van der Waals surface area contributed by atoms with Crippen LogP contribution in [-0.2, 0) is 17.0 Å². The lowest BCUT2D eigenvalue weighted by molar-refractivity contribution is -0.115. The Kier molecular flexibility index (Phi) is 7.43. The van der Waals surface area contributed by atoms with Crippen LogP contribution in [0.4, 0.5) is 5.69 Å². The van der Waals surface area contributed by atoms with Gasteiger partial charge in [0.2, 0.25) is 5.91 Å². The van der Waals surface area contributed by atoms with Crippen molar-refractivity contribution in [2.24, 2.45) is 0 Å². The number of nitrogens with one attached hydrogen (secondary N) is 2. The normalized spacial score (nSPS) is 10.6. The number of nitrogens with zero attached hydrogens (tertiary/aromatic N) is 1. The van der Waals surface area contributed by atoms with Gasteiger partial charge in [0, 0.05) is 28.1 Å². The van der Waals surface area contributed by atoms with Crippen LogP contribution in [0, 0.1) is 6.92 Å². The molecule has 0 spiro atoms. The Morgan fingerprint density at radius 2 is 1.79 bits per heavy atom. The van der Waals surface area contributed by atoms with Crippen molar-refractivity contribution in [1.82, 2.24) is 10.3 Å².